The fraction of sp³-hybridized carbons (Fsp3) is 0.909. The summed E-state index contributed by atoms with van der Waals surface area (Å²) in [5, 5.41) is 3.11. The van der Waals surface area contributed by atoms with Gasteiger partial charge >= 0.3 is 6.03 Å². The molecule has 4 nitrogen and oxygen atoms in total. The molecule has 0 aromatic carbocycles. The number of likely N-dealkylation sites (tertiary alicyclic amines) is 1. The highest BCUT2D eigenvalue weighted by Crippen LogP contribution is 2.18. The fourth-order valence-corrected chi connectivity index (χ4v) is 2.48. The maximum absolute atomic E-state index is 11.8. The number of amides is 2. The molecule has 0 bridgehead atoms. The van der Waals surface area contributed by atoms with Crippen LogP contribution in [0.5, 0.6) is 0 Å². The van der Waals surface area contributed by atoms with E-state index in [9.17, 15) is 4.79 Å². The molecule has 1 atom stereocenters. The molecule has 86 valence electrons. The zero-order chi connectivity index (χ0) is 10.7. The van der Waals surface area contributed by atoms with E-state index in [-0.39, 0.29) is 12.1 Å². The normalized spacial score (nSPS) is 28.1. The summed E-state index contributed by atoms with van der Waals surface area (Å²) in [6.45, 7) is 1.54. The zero-order valence-corrected chi connectivity index (χ0v) is 9.24. The number of rotatable bonds is 1. The lowest BCUT2D eigenvalue weighted by Gasteiger charge is -2.25. The minimum atomic E-state index is 0.0925. The van der Waals surface area contributed by atoms with Crippen LogP contribution < -0.4 is 11.1 Å². The lowest BCUT2D eigenvalue weighted by atomic mass is 9.96. The van der Waals surface area contributed by atoms with Crippen molar-refractivity contribution in [3.63, 3.8) is 0 Å². The van der Waals surface area contributed by atoms with Crippen LogP contribution in [0.1, 0.15) is 38.5 Å². The van der Waals surface area contributed by atoms with Crippen molar-refractivity contribution < 1.29 is 4.79 Å². The van der Waals surface area contributed by atoms with Gasteiger partial charge in [0.05, 0.1) is 0 Å². The van der Waals surface area contributed by atoms with E-state index in [0.717, 1.165) is 32.4 Å². The van der Waals surface area contributed by atoms with Crippen LogP contribution in [-0.4, -0.2) is 36.1 Å². The van der Waals surface area contributed by atoms with Crippen molar-refractivity contribution in [2.75, 3.05) is 13.1 Å². The maximum atomic E-state index is 11.8. The first-order chi connectivity index (χ1) is 7.25. The summed E-state index contributed by atoms with van der Waals surface area (Å²) in [4.78, 5) is 13.7. The van der Waals surface area contributed by atoms with Crippen LogP contribution in [-0.2, 0) is 0 Å². The number of nitrogens with zero attached hydrogens (tertiary/aromatic N) is 1. The third-order valence-electron chi connectivity index (χ3n) is 3.44. The Bertz CT molecular complexity index is 226. The van der Waals surface area contributed by atoms with Crippen molar-refractivity contribution in [1.29, 1.82) is 0 Å². The average Bonchev–Trinajstić information content (AvgIpc) is 2.66. The van der Waals surface area contributed by atoms with E-state index in [1.165, 1.54) is 19.3 Å². The molecule has 0 aromatic heterocycles. The number of hydrogen-bond acceptors (Lipinski definition) is 2. The first-order valence-corrected chi connectivity index (χ1v) is 6.07. The van der Waals surface area contributed by atoms with Gasteiger partial charge in [-0.1, -0.05) is 19.3 Å². The second-order valence-electron chi connectivity index (χ2n) is 4.78. The number of urea groups is 1. The van der Waals surface area contributed by atoms with Crippen LogP contribution in [0.25, 0.3) is 0 Å². The molecule has 0 radical (unpaired) electrons. The van der Waals surface area contributed by atoms with Gasteiger partial charge in [0.2, 0.25) is 0 Å². The zero-order valence-electron chi connectivity index (χ0n) is 9.24. The summed E-state index contributed by atoms with van der Waals surface area (Å²) >= 11 is 0. The molecule has 1 aliphatic heterocycles. The number of nitrogens with one attached hydrogen (secondary N) is 1. The molecule has 15 heavy (non-hydrogen) atoms. The highest BCUT2D eigenvalue weighted by atomic mass is 16.2. The van der Waals surface area contributed by atoms with Gasteiger partial charge in [0.25, 0.3) is 0 Å². The molecule has 0 spiro atoms. The van der Waals surface area contributed by atoms with Crippen molar-refractivity contribution in [3.8, 4) is 0 Å². The second-order valence-corrected chi connectivity index (χ2v) is 4.78. The first-order valence-electron chi connectivity index (χ1n) is 6.07. The molecular formula is C11H21N3O. The number of carbonyl (C=O) groups is 1. The Morgan fingerprint density at radius 1 is 1.20 bits per heavy atom. The van der Waals surface area contributed by atoms with Crippen molar-refractivity contribution in [2.24, 2.45) is 5.73 Å². The predicted molar refractivity (Wildman–Crippen MR) is 59.6 cm³/mol. The molecule has 0 unspecified atom stereocenters. The van der Waals surface area contributed by atoms with Gasteiger partial charge in [-0.2, -0.15) is 0 Å². The molecule has 1 heterocycles. The van der Waals surface area contributed by atoms with Crippen molar-refractivity contribution in [1.82, 2.24) is 10.2 Å². The van der Waals surface area contributed by atoms with Gasteiger partial charge in [0.15, 0.2) is 0 Å². The molecule has 1 saturated carbocycles. The maximum Gasteiger partial charge on any atom is 0.317 e. The first kappa shape index (κ1) is 10.7. The number of nitrogens with two attached hydrogens (primary N) is 1. The van der Waals surface area contributed by atoms with Crippen LogP contribution in [0.15, 0.2) is 0 Å². The van der Waals surface area contributed by atoms with Crippen LogP contribution >= 0.6 is 0 Å². The minimum absolute atomic E-state index is 0.0925. The summed E-state index contributed by atoms with van der Waals surface area (Å²) in [5.74, 6) is 0. The Morgan fingerprint density at radius 2 is 1.93 bits per heavy atom. The average molecular weight is 211 g/mol. The molecule has 2 amide bonds. The van der Waals surface area contributed by atoms with Crippen molar-refractivity contribution in [3.05, 3.63) is 0 Å². The molecule has 3 N–H and O–H groups in total. The number of carbonyl (C=O) groups excluding carboxylic acids is 1. The van der Waals surface area contributed by atoms with Crippen molar-refractivity contribution in [2.45, 2.75) is 50.6 Å². The van der Waals surface area contributed by atoms with Crippen molar-refractivity contribution >= 4 is 6.03 Å². The van der Waals surface area contributed by atoms with Gasteiger partial charge in [-0.3, -0.25) is 0 Å². The molecular weight excluding hydrogens is 190 g/mol. The molecule has 2 fully saturated rings. The van der Waals surface area contributed by atoms with Crippen LogP contribution in [0.3, 0.4) is 0 Å². The van der Waals surface area contributed by atoms with E-state index < -0.39 is 0 Å². The van der Waals surface area contributed by atoms with E-state index in [2.05, 4.69) is 5.32 Å². The topological polar surface area (TPSA) is 58.4 Å². The van der Waals surface area contributed by atoms with Crippen LogP contribution in [0, 0.1) is 0 Å². The fourth-order valence-electron chi connectivity index (χ4n) is 2.48. The van der Waals surface area contributed by atoms with E-state index in [1.807, 2.05) is 4.90 Å². The van der Waals surface area contributed by atoms with Gasteiger partial charge in [-0.15, -0.1) is 0 Å². The second kappa shape index (κ2) is 4.84. The largest absolute Gasteiger partial charge is 0.335 e. The molecule has 1 aliphatic carbocycles. The van der Waals surface area contributed by atoms with E-state index in [4.69, 9.17) is 5.73 Å². The van der Waals surface area contributed by atoms with Gasteiger partial charge in [0.1, 0.15) is 0 Å². The van der Waals surface area contributed by atoms with Gasteiger partial charge in [-0.05, 0) is 19.3 Å². The standard InChI is InChI=1S/C11H21N3O/c12-9-6-7-14(8-9)11(15)13-10-4-2-1-3-5-10/h9-10H,1-8,12H2,(H,13,15)/t9-/m1/s1. The lowest BCUT2D eigenvalue weighted by molar-refractivity contribution is 0.200. The summed E-state index contributed by atoms with van der Waals surface area (Å²) in [7, 11) is 0. The molecule has 0 aromatic rings. The Morgan fingerprint density at radius 3 is 2.53 bits per heavy atom. The minimum Gasteiger partial charge on any atom is -0.335 e. The summed E-state index contributed by atoms with van der Waals surface area (Å²) < 4.78 is 0. The smallest absolute Gasteiger partial charge is 0.317 e. The van der Waals surface area contributed by atoms with E-state index in [0.29, 0.717) is 6.04 Å². The Balaban J connectivity index is 1.76. The van der Waals surface area contributed by atoms with E-state index in [1.54, 1.807) is 0 Å². The molecule has 2 aliphatic rings. The summed E-state index contributed by atoms with van der Waals surface area (Å²) in [6, 6.07) is 0.681. The molecule has 4 heteroatoms. The lowest BCUT2D eigenvalue weighted by Crippen LogP contribution is -2.45. The third-order valence-corrected chi connectivity index (χ3v) is 3.44. The Hall–Kier alpha value is -0.770. The highest BCUT2D eigenvalue weighted by Gasteiger charge is 2.25. The van der Waals surface area contributed by atoms with Gasteiger partial charge < -0.3 is 16.0 Å². The van der Waals surface area contributed by atoms with Gasteiger partial charge in [0, 0.05) is 25.2 Å². The molecule has 1 saturated heterocycles. The number of hydrogen-bond donors (Lipinski definition) is 2. The summed E-state index contributed by atoms with van der Waals surface area (Å²) in [6.07, 6.45) is 7.06. The molecule has 2 rings (SSSR count). The highest BCUT2D eigenvalue weighted by molar-refractivity contribution is 5.74. The predicted octanol–water partition coefficient (Wildman–Crippen LogP) is 1.06. The van der Waals surface area contributed by atoms with E-state index >= 15 is 0 Å². The third kappa shape index (κ3) is 2.84. The quantitative estimate of drug-likeness (QED) is 0.681. The monoisotopic (exact) mass is 211 g/mol. The Kier molecular flexibility index (Phi) is 3.46. The summed E-state index contributed by atoms with van der Waals surface area (Å²) in [5.41, 5.74) is 5.77. The SMILES string of the molecule is N[C@@H]1CCN(C(=O)NC2CCCCC2)C1. The van der Waals surface area contributed by atoms with Crippen LogP contribution in [0.4, 0.5) is 4.79 Å². The van der Waals surface area contributed by atoms with Gasteiger partial charge in [-0.25, -0.2) is 4.79 Å². The van der Waals surface area contributed by atoms with Crippen LogP contribution in [0.2, 0.25) is 0 Å². The Labute approximate surface area is 91.2 Å².